The largest absolute Gasteiger partial charge is 0.756 e. The number of unbranched alkanes of at least 4 members (excludes halogenated alkanes) is 28. The minimum Gasteiger partial charge on any atom is -0.756 e. The quantitative estimate of drug-likeness (QED) is 0.0260. The first-order chi connectivity index (χ1) is 26.0. The molecule has 0 aromatic heterocycles. The molecule has 54 heavy (non-hydrogen) atoms. The zero-order valence-electron chi connectivity index (χ0n) is 36.2. The molecule has 0 saturated heterocycles. The Morgan fingerprint density at radius 2 is 0.833 bits per heavy atom. The van der Waals surface area contributed by atoms with Crippen molar-refractivity contribution in [2.75, 3.05) is 47.5 Å². The monoisotopic (exact) mass is 790 g/mol. The molecule has 0 radical (unpaired) electrons. The number of phosphoric acid groups is 1. The van der Waals surface area contributed by atoms with Crippen LogP contribution in [0.15, 0.2) is 0 Å². The van der Waals surface area contributed by atoms with Gasteiger partial charge in [-0.15, -0.1) is 0 Å². The Kier molecular flexibility index (Phi) is 36.9. The summed E-state index contributed by atoms with van der Waals surface area (Å²) in [5.41, 5.74) is 0. The molecule has 0 aromatic rings. The highest BCUT2D eigenvalue weighted by atomic mass is 31.2. The van der Waals surface area contributed by atoms with E-state index in [9.17, 15) is 19.0 Å². The number of carbonyl (C=O) groups excluding carboxylic acids is 2. The lowest BCUT2D eigenvalue weighted by Gasteiger charge is -2.28. The van der Waals surface area contributed by atoms with E-state index in [2.05, 4.69) is 13.8 Å². The van der Waals surface area contributed by atoms with Gasteiger partial charge in [0.1, 0.15) is 19.8 Å². The highest BCUT2D eigenvalue weighted by molar-refractivity contribution is 7.45. The molecular weight excluding hydrogens is 701 g/mol. The molecule has 322 valence electrons. The van der Waals surface area contributed by atoms with Crippen LogP contribution in [-0.2, 0) is 32.7 Å². The maximum absolute atomic E-state index is 12.6. The highest BCUT2D eigenvalue weighted by Gasteiger charge is 2.21. The fraction of sp³-hybridized carbons (Fsp3) is 0.955. The van der Waals surface area contributed by atoms with Crippen molar-refractivity contribution >= 4 is 19.8 Å². The van der Waals surface area contributed by atoms with E-state index in [-0.39, 0.29) is 32.0 Å². The molecule has 0 spiro atoms. The van der Waals surface area contributed by atoms with E-state index in [4.69, 9.17) is 18.5 Å². The van der Waals surface area contributed by atoms with E-state index in [1.165, 1.54) is 154 Å². The Hall–Kier alpha value is -0.990. The number of phosphoric ester groups is 1. The standard InChI is InChI=1S/C44H88NO8P/c1-6-8-10-12-14-15-16-17-18-19-20-21-22-23-24-25-26-27-28-29-31-33-35-37-44(47)53-42(41-52-54(48,49)51-39-38-45(3,4)5)40-50-43(46)36-34-32-30-13-11-9-7-2/h42H,6-41H2,1-5H3. The van der Waals surface area contributed by atoms with Crippen LogP contribution >= 0.6 is 7.82 Å². The van der Waals surface area contributed by atoms with Crippen molar-refractivity contribution < 1.29 is 42.1 Å². The number of likely N-dealkylation sites (N-methyl/N-ethyl adjacent to an activating group) is 1. The molecule has 2 atom stereocenters. The number of nitrogens with zero attached hydrogens (tertiary/aromatic N) is 1. The summed E-state index contributed by atoms with van der Waals surface area (Å²) in [4.78, 5) is 37.3. The molecule has 0 bridgehead atoms. The van der Waals surface area contributed by atoms with Gasteiger partial charge >= 0.3 is 11.9 Å². The second-order valence-electron chi connectivity index (χ2n) is 16.8. The van der Waals surface area contributed by atoms with Gasteiger partial charge in [-0.3, -0.25) is 14.2 Å². The first-order valence-electron chi connectivity index (χ1n) is 22.7. The smallest absolute Gasteiger partial charge is 0.306 e. The zero-order chi connectivity index (χ0) is 40.0. The molecular formula is C44H88NO8P. The molecule has 0 heterocycles. The van der Waals surface area contributed by atoms with Crippen molar-refractivity contribution in [1.82, 2.24) is 0 Å². The zero-order valence-corrected chi connectivity index (χ0v) is 37.1. The summed E-state index contributed by atoms with van der Waals surface area (Å²) >= 11 is 0. The van der Waals surface area contributed by atoms with Crippen LogP contribution < -0.4 is 4.89 Å². The molecule has 0 aliphatic carbocycles. The Morgan fingerprint density at radius 1 is 0.500 bits per heavy atom. The van der Waals surface area contributed by atoms with Crippen LogP contribution in [0.1, 0.15) is 219 Å². The van der Waals surface area contributed by atoms with Crippen LogP contribution in [0.25, 0.3) is 0 Å². The molecule has 0 rings (SSSR count). The van der Waals surface area contributed by atoms with Crippen LogP contribution in [0.3, 0.4) is 0 Å². The summed E-state index contributed by atoms with van der Waals surface area (Å²) in [5.74, 6) is -0.828. The fourth-order valence-electron chi connectivity index (χ4n) is 6.54. The number of hydrogen-bond donors (Lipinski definition) is 0. The van der Waals surface area contributed by atoms with Crippen molar-refractivity contribution in [3.63, 3.8) is 0 Å². The lowest BCUT2D eigenvalue weighted by atomic mass is 10.0. The molecule has 10 heteroatoms. The van der Waals surface area contributed by atoms with Gasteiger partial charge in [-0.1, -0.05) is 194 Å². The Labute approximate surface area is 334 Å². The Bertz CT molecular complexity index is 896. The van der Waals surface area contributed by atoms with Gasteiger partial charge in [0.25, 0.3) is 7.82 Å². The second kappa shape index (κ2) is 37.6. The van der Waals surface area contributed by atoms with Crippen molar-refractivity contribution in [3.8, 4) is 0 Å². The first-order valence-corrected chi connectivity index (χ1v) is 24.2. The number of rotatable bonds is 42. The SMILES string of the molecule is CCCCCCCCCCCCCCCCCCCCCCCCCC(=O)OC(COC(=O)CCCCCCCCC)COP(=O)([O-])OCC[N+](C)(C)C. The van der Waals surface area contributed by atoms with E-state index in [0.717, 1.165) is 32.1 Å². The molecule has 0 aliphatic heterocycles. The lowest BCUT2D eigenvalue weighted by Crippen LogP contribution is -2.37. The molecule has 0 aliphatic rings. The minimum absolute atomic E-state index is 0.0261. The van der Waals surface area contributed by atoms with Gasteiger partial charge in [0.15, 0.2) is 6.10 Å². The minimum atomic E-state index is -4.61. The Morgan fingerprint density at radius 3 is 1.19 bits per heavy atom. The van der Waals surface area contributed by atoms with Crippen molar-refractivity contribution in [3.05, 3.63) is 0 Å². The number of esters is 2. The highest BCUT2D eigenvalue weighted by Crippen LogP contribution is 2.38. The topological polar surface area (TPSA) is 111 Å². The molecule has 0 saturated carbocycles. The van der Waals surface area contributed by atoms with E-state index in [1.54, 1.807) is 0 Å². The van der Waals surface area contributed by atoms with Gasteiger partial charge in [-0.05, 0) is 12.8 Å². The molecule has 2 unspecified atom stereocenters. The van der Waals surface area contributed by atoms with E-state index in [1.807, 2.05) is 21.1 Å². The summed E-state index contributed by atoms with van der Waals surface area (Å²) in [6.07, 6.45) is 37.3. The number of hydrogen-bond acceptors (Lipinski definition) is 8. The predicted molar refractivity (Wildman–Crippen MR) is 222 cm³/mol. The van der Waals surface area contributed by atoms with Gasteiger partial charge in [-0.25, -0.2) is 0 Å². The predicted octanol–water partition coefficient (Wildman–Crippen LogP) is 12.2. The van der Waals surface area contributed by atoms with E-state index < -0.39 is 26.5 Å². The van der Waals surface area contributed by atoms with Crippen LogP contribution in [-0.4, -0.2) is 70.0 Å². The number of carbonyl (C=O) groups is 2. The van der Waals surface area contributed by atoms with Gasteiger partial charge in [0.2, 0.25) is 0 Å². The maximum Gasteiger partial charge on any atom is 0.306 e. The van der Waals surface area contributed by atoms with Crippen molar-refractivity contribution in [1.29, 1.82) is 0 Å². The summed E-state index contributed by atoms with van der Waals surface area (Å²) in [6.45, 7) is 4.21. The van der Waals surface area contributed by atoms with Crippen LogP contribution in [0.5, 0.6) is 0 Å². The maximum atomic E-state index is 12.6. The van der Waals surface area contributed by atoms with Gasteiger partial charge in [0.05, 0.1) is 27.7 Å². The molecule has 0 amide bonds. The average Bonchev–Trinajstić information content (AvgIpc) is 3.12. The lowest BCUT2D eigenvalue weighted by molar-refractivity contribution is -0.870. The van der Waals surface area contributed by atoms with Crippen LogP contribution in [0.4, 0.5) is 0 Å². The van der Waals surface area contributed by atoms with Crippen LogP contribution in [0.2, 0.25) is 0 Å². The van der Waals surface area contributed by atoms with Gasteiger partial charge < -0.3 is 27.9 Å². The summed E-state index contributed by atoms with van der Waals surface area (Å²) < 4.78 is 33.8. The van der Waals surface area contributed by atoms with Crippen LogP contribution in [0, 0.1) is 0 Å². The summed E-state index contributed by atoms with van der Waals surface area (Å²) in [6, 6.07) is 0. The molecule has 0 fully saturated rings. The third-order valence-corrected chi connectivity index (χ3v) is 11.1. The van der Waals surface area contributed by atoms with Gasteiger partial charge in [-0.2, -0.15) is 0 Å². The number of quaternary nitrogens is 1. The molecule has 0 N–H and O–H groups in total. The molecule has 9 nitrogen and oxygen atoms in total. The normalized spacial score (nSPS) is 13.5. The van der Waals surface area contributed by atoms with Crippen molar-refractivity contribution in [2.45, 2.75) is 225 Å². The first kappa shape index (κ1) is 53.0. The molecule has 0 aromatic carbocycles. The van der Waals surface area contributed by atoms with E-state index in [0.29, 0.717) is 17.4 Å². The summed E-state index contributed by atoms with van der Waals surface area (Å²) in [7, 11) is 1.18. The van der Waals surface area contributed by atoms with Gasteiger partial charge in [0, 0.05) is 12.8 Å². The third kappa shape index (κ3) is 40.7. The third-order valence-electron chi connectivity index (χ3n) is 10.1. The average molecular weight is 790 g/mol. The second-order valence-corrected chi connectivity index (χ2v) is 18.2. The van der Waals surface area contributed by atoms with E-state index >= 15 is 0 Å². The van der Waals surface area contributed by atoms with Crippen molar-refractivity contribution in [2.24, 2.45) is 0 Å². The Balaban J connectivity index is 4.08. The summed E-state index contributed by atoms with van der Waals surface area (Å²) in [5, 5.41) is 0. The number of ether oxygens (including phenoxy) is 2. The fourth-order valence-corrected chi connectivity index (χ4v) is 7.27.